The van der Waals surface area contributed by atoms with Crippen LogP contribution < -0.4 is 10.6 Å². The first-order chi connectivity index (χ1) is 13.6. The zero-order chi connectivity index (χ0) is 19.9. The molecular weight excluding hydrogens is 370 g/mol. The maximum Gasteiger partial charge on any atom is 0.243 e. The Kier molecular flexibility index (Phi) is 6.66. The van der Waals surface area contributed by atoms with Crippen LogP contribution in [0.4, 0.5) is 5.69 Å². The molecule has 6 heteroatoms. The number of carbonyl (C=O) groups is 2. The molecule has 0 unspecified atom stereocenters. The minimum atomic E-state index is -0.237. The molecule has 0 aliphatic rings. The monoisotopic (exact) mass is 393 g/mol. The fourth-order valence-corrected chi connectivity index (χ4v) is 3.71. The molecule has 0 radical (unpaired) electrons. The number of nitrogens with one attached hydrogen (secondary N) is 2. The lowest BCUT2D eigenvalue weighted by Crippen LogP contribution is -2.34. The SMILES string of the molecule is CCc1ccccc1NC(=O)CNC(=O)CSc1cc(C)c2ccccc2n1. The van der Waals surface area contributed by atoms with Gasteiger partial charge in [-0.1, -0.05) is 55.1 Å². The number of fused-ring (bicyclic) bond motifs is 1. The largest absolute Gasteiger partial charge is 0.346 e. The van der Waals surface area contributed by atoms with E-state index in [1.807, 2.05) is 68.4 Å². The van der Waals surface area contributed by atoms with E-state index in [0.29, 0.717) is 0 Å². The predicted molar refractivity (Wildman–Crippen MR) is 115 cm³/mol. The van der Waals surface area contributed by atoms with Crippen LogP contribution in [-0.4, -0.2) is 29.1 Å². The number of benzene rings is 2. The van der Waals surface area contributed by atoms with Gasteiger partial charge in [0.25, 0.3) is 0 Å². The molecular formula is C22H23N3O2S. The number of aryl methyl sites for hydroxylation is 2. The Balaban J connectivity index is 1.50. The molecule has 0 fully saturated rings. The first-order valence-electron chi connectivity index (χ1n) is 9.20. The number of hydrogen-bond acceptors (Lipinski definition) is 4. The first kappa shape index (κ1) is 19.9. The third kappa shape index (κ3) is 5.10. The zero-order valence-corrected chi connectivity index (χ0v) is 16.8. The van der Waals surface area contributed by atoms with E-state index in [1.54, 1.807) is 0 Å². The summed E-state index contributed by atoms with van der Waals surface area (Å²) in [5, 5.41) is 7.42. The Labute approximate surface area is 168 Å². The van der Waals surface area contributed by atoms with E-state index in [0.717, 1.165) is 39.2 Å². The van der Waals surface area contributed by atoms with E-state index in [-0.39, 0.29) is 24.1 Å². The number of rotatable bonds is 7. The van der Waals surface area contributed by atoms with Crippen LogP contribution in [0.25, 0.3) is 10.9 Å². The lowest BCUT2D eigenvalue weighted by atomic mass is 10.1. The number of para-hydroxylation sites is 2. The standard InChI is InChI=1S/C22H23N3O2S/c1-3-16-8-4-6-10-18(16)24-20(26)13-23-21(27)14-28-22-12-15(2)17-9-5-7-11-19(17)25-22/h4-12H,3,13-14H2,1-2H3,(H,23,27)(H,24,26). The molecule has 0 aliphatic heterocycles. The van der Waals surface area contributed by atoms with Crippen LogP contribution in [0.3, 0.4) is 0 Å². The number of nitrogens with zero attached hydrogens (tertiary/aromatic N) is 1. The summed E-state index contributed by atoms with van der Waals surface area (Å²) in [6.07, 6.45) is 0.831. The number of carbonyl (C=O) groups excluding carboxylic acids is 2. The van der Waals surface area contributed by atoms with Crippen molar-refractivity contribution in [2.75, 3.05) is 17.6 Å². The Morgan fingerprint density at radius 2 is 1.79 bits per heavy atom. The van der Waals surface area contributed by atoms with Gasteiger partial charge in [-0.05, 0) is 42.7 Å². The third-order valence-corrected chi connectivity index (χ3v) is 5.28. The van der Waals surface area contributed by atoms with Gasteiger partial charge in [0.05, 0.1) is 22.8 Å². The van der Waals surface area contributed by atoms with E-state index in [1.165, 1.54) is 11.8 Å². The average Bonchev–Trinajstić information content (AvgIpc) is 2.71. The van der Waals surface area contributed by atoms with Crippen LogP contribution in [0.15, 0.2) is 59.6 Å². The van der Waals surface area contributed by atoms with Crippen LogP contribution >= 0.6 is 11.8 Å². The van der Waals surface area contributed by atoms with Crippen molar-refractivity contribution >= 4 is 40.2 Å². The summed E-state index contributed by atoms with van der Waals surface area (Å²) in [5.74, 6) is -0.223. The summed E-state index contributed by atoms with van der Waals surface area (Å²) >= 11 is 1.36. The summed E-state index contributed by atoms with van der Waals surface area (Å²) in [4.78, 5) is 28.8. The van der Waals surface area contributed by atoms with Crippen LogP contribution in [-0.2, 0) is 16.0 Å². The third-order valence-electron chi connectivity index (χ3n) is 4.37. The summed E-state index contributed by atoms with van der Waals surface area (Å²) in [6, 6.07) is 17.6. The number of thioether (sulfide) groups is 1. The molecule has 0 saturated heterocycles. The Bertz CT molecular complexity index is 1000. The van der Waals surface area contributed by atoms with Crippen molar-refractivity contribution in [3.63, 3.8) is 0 Å². The van der Waals surface area contributed by atoms with Gasteiger partial charge in [-0.2, -0.15) is 0 Å². The molecule has 0 bridgehead atoms. The van der Waals surface area contributed by atoms with Crippen molar-refractivity contribution in [2.45, 2.75) is 25.3 Å². The van der Waals surface area contributed by atoms with Crippen molar-refractivity contribution in [3.8, 4) is 0 Å². The number of amides is 2. The highest BCUT2D eigenvalue weighted by Crippen LogP contribution is 2.23. The van der Waals surface area contributed by atoms with Crippen molar-refractivity contribution < 1.29 is 9.59 Å². The molecule has 144 valence electrons. The number of hydrogen-bond donors (Lipinski definition) is 2. The van der Waals surface area contributed by atoms with Gasteiger partial charge >= 0.3 is 0 Å². The molecule has 0 aliphatic carbocycles. The number of anilines is 1. The van der Waals surface area contributed by atoms with Crippen molar-refractivity contribution in [1.29, 1.82) is 0 Å². The second kappa shape index (κ2) is 9.37. The molecule has 2 aromatic carbocycles. The van der Waals surface area contributed by atoms with Crippen LogP contribution in [0.5, 0.6) is 0 Å². The second-order valence-electron chi connectivity index (χ2n) is 6.42. The summed E-state index contributed by atoms with van der Waals surface area (Å²) in [5.41, 5.74) is 3.90. The average molecular weight is 394 g/mol. The fraction of sp³-hybridized carbons (Fsp3) is 0.227. The molecule has 2 N–H and O–H groups in total. The highest BCUT2D eigenvalue weighted by Gasteiger charge is 2.10. The fourth-order valence-electron chi connectivity index (χ4n) is 2.91. The molecule has 1 heterocycles. The molecule has 3 aromatic rings. The molecule has 0 spiro atoms. The summed E-state index contributed by atoms with van der Waals surface area (Å²) in [6.45, 7) is 4.01. The van der Waals surface area contributed by atoms with E-state index >= 15 is 0 Å². The van der Waals surface area contributed by atoms with Gasteiger partial charge in [-0.3, -0.25) is 9.59 Å². The van der Waals surface area contributed by atoms with Crippen LogP contribution in [0, 0.1) is 6.92 Å². The lowest BCUT2D eigenvalue weighted by Gasteiger charge is -2.10. The van der Waals surface area contributed by atoms with Crippen molar-refractivity contribution in [1.82, 2.24) is 10.3 Å². The highest BCUT2D eigenvalue weighted by molar-refractivity contribution is 7.99. The van der Waals surface area contributed by atoms with E-state index in [2.05, 4.69) is 15.6 Å². The quantitative estimate of drug-likeness (QED) is 0.596. The highest BCUT2D eigenvalue weighted by atomic mass is 32.2. The number of pyridine rings is 1. The topological polar surface area (TPSA) is 71.1 Å². The Hall–Kier alpha value is -2.86. The zero-order valence-electron chi connectivity index (χ0n) is 16.0. The molecule has 2 amide bonds. The Morgan fingerprint density at radius 1 is 1.04 bits per heavy atom. The summed E-state index contributed by atoms with van der Waals surface area (Å²) < 4.78 is 0. The summed E-state index contributed by atoms with van der Waals surface area (Å²) in [7, 11) is 0. The Morgan fingerprint density at radius 3 is 2.61 bits per heavy atom. The number of aromatic nitrogens is 1. The molecule has 0 atom stereocenters. The van der Waals surface area contributed by atoms with Crippen LogP contribution in [0.1, 0.15) is 18.1 Å². The van der Waals surface area contributed by atoms with Gasteiger partial charge in [0.15, 0.2) is 0 Å². The van der Waals surface area contributed by atoms with Gasteiger partial charge in [0.1, 0.15) is 0 Å². The van der Waals surface area contributed by atoms with Gasteiger partial charge < -0.3 is 10.6 Å². The van der Waals surface area contributed by atoms with Crippen molar-refractivity contribution in [3.05, 3.63) is 65.7 Å². The molecule has 3 rings (SSSR count). The second-order valence-corrected chi connectivity index (χ2v) is 7.41. The van der Waals surface area contributed by atoms with Gasteiger partial charge in [0.2, 0.25) is 11.8 Å². The molecule has 0 saturated carbocycles. The van der Waals surface area contributed by atoms with Crippen LogP contribution in [0.2, 0.25) is 0 Å². The van der Waals surface area contributed by atoms with E-state index < -0.39 is 0 Å². The van der Waals surface area contributed by atoms with Gasteiger partial charge in [0, 0.05) is 11.1 Å². The lowest BCUT2D eigenvalue weighted by molar-refractivity contribution is -0.122. The minimum absolute atomic E-state index is 0.0539. The van der Waals surface area contributed by atoms with E-state index in [9.17, 15) is 9.59 Å². The van der Waals surface area contributed by atoms with Crippen molar-refractivity contribution in [2.24, 2.45) is 0 Å². The maximum absolute atomic E-state index is 12.1. The smallest absolute Gasteiger partial charge is 0.243 e. The predicted octanol–water partition coefficient (Wildman–Crippen LogP) is 3.95. The molecule has 28 heavy (non-hydrogen) atoms. The maximum atomic E-state index is 12.1. The van der Waals surface area contributed by atoms with Gasteiger partial charge in [-0.15, -0.1) is 0 Å². The van der Waals surface area contributed by atoms with Gasteiger partial charge in [-0.25, -0.2) is 4.98 Å². The minimum Gasteiger partial charge on any atom is -0.346 e. The van der Waals surface area contributed by atoms with E-state index in [4.69, 9.17) is 0 Å². The first-order valence-corrected chi connectivity index (χ1v) is 10.2. The normalized spacial score (nSPS) is 10.6. The molecule has 5 nitrogen and oxygen atoms in total. The molecule has 1 aromatic heterocycles.